The smallest absolute Gasteiger partial charge is 0.289 e. The zero-order chi connectivity index (χ0) is 25.0. The molecule has 1 saturated heterocycles. The number of allylic oxidation sites excluding steroid dienone is 1. The van der Waals surface area contributed by atoms with Gasteiger partial charge < -0.3 is 0 Å². The van der Waals surface area contributed by atoms with E-state index in [-0.39, 0.29) is 22.8 Å². The predicted octanol–water partition coefficient (Wildman–Crippen LogP) is 4.18. The number of carbonyl (C=O) groups excluding carboxylic acids is 3. The Kier molecular flexibility index (Phi) is 4.97. The molecule has 176 valence electrons. The quantitative estimate of drug-likeness (QED) is 0.308. The van der Waals surface area contributed by atoms with Crippen molar-refractivity contribution in [1.82, 2.24) is 20.2 Å². The summed E-state index contributed by atoms with van der Waals surface area (Å²) in [4.78, 5) is 43.3. The first kappa shape index (κ1) is 21.8. The topological polar surface area (TPSA) is 101 Å². The number of ketones is 1. The van der Waals surface area contributed by atoms with E-state index in [0.29, 0.717) is 16.3 Å². The molecule has 3 amide bonds. The van der Waals surface area contributed by atoms with Gasteiger partial charge >= 0.3 is 6.03 Å². The van der Waals surface area contributed by atoms with Crippen molar-refractivity contribution in [2.75, 3.05) is 9.80 Å². The van der Waals surface area contributed by atoms with E-state index >= 15 is 0 Å². The van der Waals surface area contributed by atoms with Gasteiger partial charge in [-0.15, -0.1) is 0 Å². The first-order chi connectivity index (χ1) is 17.5. The molecule has 0 bridgehead atoms. The molecule has 3 aromatic carbocycles. The lowest BCUT2D eigenvalue weighted by Crippen LogP contribution is -2.38. The number of imide groups is 1. The van der Waals surface area contributed by atoms with Crippen molar-refractivity contribution < 1.29 is 18.8 Å². The average Bonchev–Trinajstić information content (AvgIpc) is 3.47. The van der Waals surface area contributed by atoms with Crippen LogP contribution in [0.2, 0.25) is 5.02 Å². The SMILES string of the molecule is O=C(C1=C2C(=O)N(c3ccccc3)C(=O)N2c2nnnn2C1c1ccc(Cl)cc1)c1ccc(F)cc1. The number of hydrogen-bond acceptors (Lipinski definition) is 6. The normalized spacial score (nSPS) is 16.9. The van der Waals surface area contributed by atoms with Crippen molar-refractivity contribution in [2.24, 2.45) is 0 Å². The van der Waals surface area contributed by atoms with Gasteiger partial charge in [0, 0.05) is 10.6 Å². The Morgan fingerprint density at radius 3 is 2.28 bits per heavy atom. The average molecular weight is 501 g/mol. The highest BCUT2D eigenvalue weighted by atomic mass is 35.5. The lowest BCUT2D eigenvalue weighted by molar-refractivity contribution is -0.113. The summed E-state index contributed by atoms with van der Waals surface area (Å²) in [6.07, 6.45) is 0. The van der Waals surface area contributed by atoms with Crippen molar-refractivity contribution in [3.8, 4) is 0 Å². The van der Waals surface area contributed by atoms with Crippen molar-refractivity contribution >= 4 is 41.0 Å². The van der Waals surface area contributed by atoms with Crippen LogP contribution in [0.1, 0.15) is 22.0 Å². The number of urea groups is 1. The summed E-state index contributed by atoms with van der Waals surface area (Å²) in [5.74, 6) is -1.82. The lowest BCUT2D eigenvalue weighted by atomic mass is 9.89. The van der Waals surface area contributed by atoms with E-state index < -0.39 is 29.6 Å². The Labute approximate surface area is 208 Å². The molecule has 0 spiro atoms. The Hall–Kier alpha value is -4.70. The number of amides is 3. The van der Waals surface area contributed by atoms with Crippen LogP contribution in [-0.2, 0) is 4.79 Å². The largest absolute Gasteiger partial charge is 0.343 e. The minimum absolute atomic E-state index is 0.0163. The fourth-order valence-electron chi connectivity index (χ4n) is 4.41. The molecule has 9 nitrogen and oxygen atoms in total. The number of halogens is 2. The molecule has 0 radical (unpaired) electrons. The first-order valence-electron chi connectivity index (χ1n) is 10.8. The van der Waals surface area contributed by atoms with E-state index in [1.807, 2.05) is 0 Å². The maximum absolute atomic E-state index is 13.9. The molecule has 0 aliphatic carbocycles. The third kappa shape index (κ3) is 3.23. The monoisotopic (exact) mass is 500 g/mol. The molecule has 1 unspecified atom stereocenters. The Morgan fingerprint density at radius 1 is 0.889 bits per heavy atom. The molecular formula is C25H14ClFN6O3. The highest BCUT2D eigenvalue weighted by Crippen LogP contribution is 2.43. The van der Waals surface area contributed by atoms with Gasteiger partial charge in [0.2, 0.25) is 0 Å². The number of hydrogen-bond donors (Lipinski definition) is 0. The molecule has 0 saturated carbocycles. The van der Waals surface area contributed by atoms with Gasteiger partial charge in [0.1, 0.15) is 17.6 Å². The fraction of sp³-hybridized carbons (Fsp3) is 0.0400. The molecule has 4 aromatic rings. The second-order valence-electron chi connectivity index (χ2n) is 8.07. The number of Topliss-reactive ketones (excluding diaryl/α,β-unsaturated/α-hetero) is 1. The van der Waals surface area contributed by atoms with Crippen LogP contribution in [0.15, 0.2) is 90.1 Å². The van der Waals surface area contributed by atoms with Gasteiger partial charge in [0.05, 0.1) is 11.3 Å². The van der Waals surface area contributed by atoms with Gasteiger partial charge in [0.15, 0.2) is 5.78 Å². The Morgan fingerprint density at radius 2 is 1.58 bits per heavy atom. The number of nitrogens with zero attached hydrogens (tertiary/aromatic N) is 6. The summed E-state index contributed by atoms with van der Waals surface area (Å²) in [5.41, 5.74) is 0.822. The molecule has 3 heterocycles. The number of tetrazole rings is 1. The third-order valence-corrected chi connectivity index (χ3v) is 6.26. The number of aromatic nitrogens is 4. The summed E-state index contributed by atoms with van der Waals surface area (Å²) in [7, 11) is 0. The van der Waals surface area contributed by atoms with Crippen LogP contribution < -0.4 is 9.80 Å². The molecule has 1 atom stereocenters. The molecular weight excluding hydrogens is 487 g/mol. The number of fused-ring (bicyclic) bond motifs is 3. The minimum Gasteiger partial charge on any atom is -0.289 e. The maximum Gasteiger partial charge on any atom is 0.343 e. The van der Waals surface area contributed by atoms with Crippen LogP contribution in [0.3, 0.4) is 0 Å². The van der Waals surface area contributed by atoms with Crippen LogP contribution in [0.5, 0.6) is 0 Å². The Bertz CT molecular complexity index is 1570. The highest BCUT2D eigenvalue weighted by molar-refractivity contribution is 6.36. The summed E-state index contributed by atoms with van der Waals surface area (Å²) in [5, 5.41) is 12.2. The van der Waals surface area contributed by atoms with Crippen molar-refractivity contribution in [3.63, 3.8) is 0 Å². The summed E-state index contributed by atoms with van der Waals surface area (Å²) in [6.45, 7) is 0. The number of rotatable bonds is 4. The predicted molar refractivity (Wildman–Crippen MR) is 127 cm³/mol. The van der Waals surface area contributed by atoms with E-state index in [4.69, 9.17) is 11.6 Å². The molecule has 1 aromatic heterocycles. The van der Waals surface area contributed by atoms with Gasteiger partial charge in [-0.05, 0) is 64.5 Å². The van der Waals surface area contributed by atoms with E-state index in [1.165, 1.54) is 16.8 Å². The highest BCUT2D eigenvalue weighted by Gasteiger charge is 2.52. The molecule has 2 aliphatic rings. The zero-order valence-corrected chi connectivity index (χ0v) is 19.0. The molecule has 11 heteroatoms. The number of carbonyl (C=O) groups is 3. The van der Waals surface area contributed by atoms with Crippen LogP contribution in [0, 0.1) is 5.82 Å². The van der Waals surface area contributed by atoms with Gasteiger partial charge in [-0.1, -0.05) is 47.0 Å². The summed E-state index contributed by atoms with van der Waals surface area (Å²) in [6, 6.07) is 18.2. The summed E-state index contributed by atoms with van der Waals surface area (Å²) >= 11 is 6.08. The van der Waals surface area contributed by atoms with Crippen molar-refractivity contribution in [2.45, 2.75) is 6.04 Å². The van der Waals surface area contributed by atoms with Gasteiger partial charge in [0.25, 0.3) is 11.9 Å². The van der Waals surface area contributed by atoms with Crippen LogP contribution in [-0.4, -0.2) is 37.9 Å². The van der Waals surface area contributed by atoms with Crippen molar-refractivity contribution in [1.29, 1.82) is 0 Å². The van der Waals surface area contributed by atoms with Gasteiger partial charge in [-0.2, -0.15) is 4.68 Å². The van der Waals surface area contributed by atoms with Crippen LogP contribution in [0.4, 0.5) is 20.8 Å². The van der Waals surface area contributed by atoms with Gasteiger partial charge in [-0.25, -0.2) is 19.0 Å². The first-order valence-corrected chi connectivity index (χ1v) is 11.1. The van der Waals surface area contributed by atoms with E-state index in [2.05, 4.69) is 15.5 Å². The third-order valence-electron chi connectivity index (χ3n) is 6.01. The van der Waals surface area contributed by atoms with Crippen LogP contribution >= 0.6 is 11.6 Å². The number of benzene rings is 3. The second kappa shape index (κ2) is 8.21. The standard InChI is InChI=1S/C25H14ClFN6O3/c26-16-10-6-14(7-11-16)20-19(22(34)15-8-12-17(27)13-9-15)21-23(35)31(18-4-2-1-3-5-18)25(36)32(21)24-28-29-30-33(20)24/h1-13,20H. The molecule has 2 aliphatic heterocycles. The molecule has 0 N–H and O–H groups in total. The van der Waals surface area contributed by atoms with Crippen molar-refractivity contribution in [3.05, 3.63) is 112 Å². The zero-order valence-electron chi connectivity index (χ0n) is 18.2. The lowest BCUT2D eigenvalue weighted by Gasteiger charge is -2.30. The minimum atomic E-state index is -0.955. The second-order valence-corrected chi connectivity index (χ2v) is 8.51. The van der Waals surface area contributed by atoms with E-state index in [1.54, 1.807) is 54.6 Å². The van der Waals surface area contributed by atoms with Gasteiger partial charge in [-0.3, -0.25) is 9.59 Å². The number of para-hydroxylation sites is 1. The molecule has 6 rings (SSSR count). The Balaban J connectivity index is 1.63. The van der Waals surface area contributed by atoms with E-state index in [9.17, 15) is 18.8 Å². The maximum atomic E-state index is 13.9. The molecule has 36 heavy (non-hydrogen) atoms. The summed E-state index contributed by atoms with van der Waals surface area (Å²) < 4.78 is 14.9. The molecule has 1 fully saturated rings. The van der Waals surface area contributed by atoms with Crippen LogP contribution in [0.25, 0.3) is 0 Å². The van der Waals surface area contributed by atoms with E-state index in [0.717, 1.165) is 21.9 Å². The number of anilines is 2. The fourth-order valence-corrected chi connectivity index (χ4v) is 4.53.